The van der Waals surface area contributed by atoms with E-state index >= 15 is 0 Å². The predicted octanol–water partition coefficient (Wildman–Crippen LogP) is 1.96. The second-order valence-electron chi connectivity index (χ2n) is 5.90. The molecule has 1 fully saturated rings. The minimum absolute atomic E-state index is 0.0925. The largest absolute Gasteiger partial charge is 0.469 e. The predicted molar refractivity (Wildman–Crippen MR) is 74.8 cm³/mol. The highest BCUT2D eigenvalue weighted by molar-refractivity contribution is 5.83. The van der Waals surface area contributed by atoms with Gasteiger partial charge in [0.1, 0.15) is 5.76 Å². The van der Waals surface area contributed by atoms with Gasteiger partial charge in [-0.3, -0.25) is 4.79 Å². The molecule has 2 heterocycles. The van der Waals surface area contributed by atoms with Gasteiger partial charge in [0.15, 0.2) is 0 Å². The molecule has 0 aromatic carbocycles. The number of nitrogens with one attached hydrogen (secondary N) is 2. The van der Waals surface area contributed by atoms with E-state index in [4.69, 9.17) is 4.42 Å². The van der Waals surface area contributed by atoms with Crippen molar-refractivity contribution in [2.24, 2.45) is 11.3 Å². The van der Waals surface area contributed by atoms with E-state index in [9.17, 15) is 4.79 Å². The van der Waals surface area contributed by atoms with Crippen molar-refractivity contribution in [1.82, 2.24) is 10.6 Å². The fourth-order valence-electron chi connectivity index (χ4n) is 2.81. The van der Waals surface area contributed by atoms with Gasteiger partial charge in [-0.1, -0.05) is 13.8 Å². The van der Waals surface area contributed by atoms with Crippen LogP contribution in [0.3, 0.4) is 0 Å². The van der Waals surface area contributed by atoms with Crippen LogP contribution in [0.4, 0.5) is 0 Å². The van der Waals surface area contributed by atoms with Crippen LogP contribution in [0.25, 0.3) is 0 Å². The molecule has 1 aromatic rings. The van der Waals surface area contributed by atoms with Gasteiger partial charge < -0.3 is 15.1 Å². The molecule has 2 rings (SSSR count). The first-order valence-electron chi connectivity index (χ1n) is 7.08. The SMILES string of the molecule is CC(Cc1ccco1)NC(=O)C1(C(C)C)CCNC1. The summed E-state index contributed by atoms with van der Waals surface area (Å²) in [5, 5.41) is 6.46. The van der Waals surface area contributed by atoms with Gasteiger partial charge in [-0.2, -0.15) is 0 Å². The lowest BCUT2D eigenvalue weighted by atomic mass is 9.75. The van der Waals surface area contributed by atoms with Gasteiger partial charge in [0.25, 0.3) is 0 Å². The average molecular weight is 264 g/mol. The molecule has 2 unspecified atom stereocenters. The molecule has 19 heavy (non-hydrogen) atoms. The molecule has 0 bridgehead atoms. The second kappa shape index (κ2) is 5.78. The lowest BCUT2D eigenvalue weighted by Gasteiger charge is -2.32. The highest BCUT2D eigenvalue weighted by Crippen LogP contribution is 2.34. The standard InChI is InChI=1S/C15H24N2O2/c1-11(2)15(6-7-16-10-15)14(18)17-12(3)9-13-5-4-8-19-13/h4-5,8,11-12,16H,6-7,9-10H2,1-3H3,(H,17,18). The van der Waals surface area contributed by atoms with Crippen LogP contribution in [0.15, 0.2) is 22.8 Å². The summed E-state index contributed by atoms with van der Waals surface area (Å²) < 4.78 is 5.32. The van der Waals surface area contributed by atoms with E-state index in [1.165, 1.54) is 0 Å². The summed E-state index contributed by atoms with van der Waals surface area (Å²) in [4.78, 5) is 12.6. The Labute approximate surface area is 114 Å². The summed E-state index contributed by atoms with van der Waals surface area (Å²) in [6, 6.07) is 3.91. The van der Waals surface area contributed by atoms with Crippen molar-refractivity contribution in [2.75, 3.05) is 13.1 Å². The van der Waals surface area contributed by atoms with E-state index in [0.717, 1.165) is 31.7 Å². The van der Waals surface area contributed by atoms with E-state index in [-0.39, 0.29) is 17.4 Å². The minimum Gasteiger partial charge on any atom is -0.469 e. The van der Waals surface area contributed by atoms with Crippen LogP contribution in [0.5, 0.6) is 0 Å². The summed E-state index contributed by atoms with van der Waals surface area (Å²) >= 11 is 0. The zero-order valence-electron chi connectivity index (χ0n) is 12.0. The Morgan fingerprint density at radius 1 is 1.53 bits per heavy atom. The molecular weight excluding hydrogens is 240 g/mol. The number of carbonyl (C=O) groups excluding carboxylic acids is 1. The lowest BCUT2D eigenvalue weighted by molar-refractivity contribution is -0.133. The van der Waals surface area contributed by atoms with E-state index in [2.05, 4.69) is 24.5 Å². The summed E-state index contributed by atoms with van der Waals surface area (Å²) in [6.07, 6.45) is 3.32. The fourth-order valence-corrected chi connectivity index (χ4v) is 2.81. The maximum atomic E-state index is 12.6. The van der Waals surface area contributed by atoms with Gasteiger partial charge in [0.05, 0.1) is 11.7 Å². The third kappa shape index (κ3) is 3.00. The summed E-state index contributed by atoms with van der Waals surface area (Å²) in [5.41, 5.74) is -0.253. The lowest BCUT2D eigenvalue weighted by Crippen LogP contribution is -2.49. The zero-order chi connectivity index (χ0) is 13.9. The van der Waals surface area contributed by atoms with Gasteiger partial charge in [-0.25, -0.2) is 0 Å². The molecular formula is C15H24N2O2. The van der Waals surface area contributed by atoms with Crippen LogP contribution in [-0.4, -0.2) is 25.0 Å². The zero-order valence-corrected chi connectivity index (χ0v) is 12.0. The fraction of sp³-hybridized carbons (Fsp3) is 0.667. The van der Waals surface area contributed by atoms with E-state index in [0.29, 0.717) is 5.92 Å². The van der Waals surface area contributed by atoms with Gasteiger partial charge in [-0.05, 0) is 37.9 Å². The topological polar surface area (TPSA) is 54.3 Å². The molecule has 106 valence electrons. The Morgan fingerprint density at radius 2 is 2.32 bits per heavy atom. The van der Waals surface area contributed by atoms with E-state index < -0.39 is 0 Å². The molecule has 2 N–H and O–H groups in total. The first kappa shape index (κ1) is 14.1. The van der Waals surface area contributed by atoms with Crippen molar-refractivity contribution >= 4 is 5.91 Å². The average Bonchev–Trinajstić information content (AvgIpc) is 2.98. The molecule has 0 aliphatic carbocycles. The van der Waals surface area contributed by atoms with Crippen LogP contribution >= 0.6 is 0 Å². The molecule has 4 heteroatoms. The van der Waals surface area contributed by atoms with Crippen LogP contribution in [0.2, 0.25) is 0 Å². The molecule has 1 aliphatic rings. The Kier molecular flexibility index (Phi) is 4.30. The summed E-state index contributed by atoms with van der Waals surface area (Å²) in [7, 11) is 0. The molecule has 0 radical (unpaired) electrons. The minimum atomic E-state index is -0.253. The first-order valence-corrected chi connectivity index (χ1v) is 7.08. The Bertz CT molecular complexity index is 406. The number of hydrogen-bond acceptors (Lipinski definition) is 3. The van der Waals surface area contributed by atoms with Crippen molar-refractivity contribution in [3.63, 3.8) is 0 Å². The van der Waals surface area contributed by atoms with Crippen LogP contribution in [0, 0.1) is 11.3 Å². The van der Waals surface area contributed by atoms with Gasteiger partial charge in [0.2, 0.25) is 5.91 Å². The summed E-state index contributed by atoms with van der Waals surface area (Å²) in [5.74, 6) is 1.43. The Balaban J connectivity index is 1.95. The number of amides is 1. The Morgan fingerprint density at radius 3 is 2.84 bits per heavy atom. The number of furan rings is 1. The molecule has 4 nitrogen and oxygen atoms in total. The summed E-state index contributed by atoms with van der Waals surface area (Å²) in [6.45, 7) is 7.99. The van der Waals surface area contributed by atoms with Crippen molar-refractivity contribution < 1.29 is 9.21 Å². The van der Waals surface area contributed by atoms with Crippen molar-refractivity contribution in [3.8, 4) is 0 Å². The molecule has 2 atom stereocenters. The maximum Gasteiger partial charge on any atom is 0.228 e. The van der Waals surface area contributed by atoms with Crippen molar-refractivity contribution in [1.29, 1.82) is 0 Å². The molecule has 1 aromatic heterocycles. The van der Waals surface area contributed by atoms with E-state index in [1.807, 2.05) is 19.1 Å². The van der Waals surface area contributed by atoms with Crippen LogP contribution < -0.4 is 10.6 Å². The first-order chi connectivity index (χ1) is 9.04. The third-order valence-corrected chi connectivity index (χ3v) is 4.21. The van der Waals surface area contributed by atoms with Crippen LogP contribution in [0.1, 0.15) is 33.0 Å². The normalized spacial score (nSPS) is 24.6. The van der Waals surface area contributed by atoms with Crippen LogP contribution in [-0.2, 0) is 11.2 Å². The highest BCUT2D eigenvalue weighted by atomic mass is 16.3. The number of rotatable bonds is 5. The highest BCUT2D eigenvalue weighted by Gasteiger charge is 2.44. The van der Waals surface area contributed by atoms with Crippen molar-refractivity contribution in [2.45, 2.75) is 39.7 Å². The maximum absolute atomic E-state index is 12.6. The second-order valence-corrected chi connectivity index (χ2v) is 5.90. The van der Waals surface area contributed by atoms with Gasteiger partial charge in [0, 0.05) is 19.0 Å². The van der Waals surface area contributed by atoms with Gasteiger partial charge in [-0.15, -0.1) is 0 Å². The smallest absolute Gasteiger partial charge is 0.228 e. The molecule has 0 spiro atoms. The molecule has 0 saturated carbocycles. The molecule has 1 aliphatic heterocycles. The quantitative estimate of drug-likeness (QED) is 0.855. The Hall–Kier alpha value is -1.29. The van der Waals surface area contributed by atoms with E-state index in [1.54, 1.807) is 6.26 Å². The monoisotopic (exact) mass is 264 g/mol. The number of carbonyl (C=O) groups is 1. The molecule has 1 saturated heterocycles. The molecule has 1 amide bonds. The van der Waals surface area contributed by atoms with Gasteiger partial charge >= 0.3 is 0 Å². The van der Waals surface area contributed by atoms with Crippen molar-refractivity contribution in [3.05, 3.63) is 24.2 Å². The third-order valence-electron chi connectivity index (χ3n) is 4.21. The number of hydrogen-bond donors (Lipinski definition) is 2.